The Balaban J connectivity index is 3.49. The summed E-state index contributed by atoms with van der Waals surface area (Å²) in [4.78, 5) is 11.0. The van der Waals surface area contributed by atoms with Crippen LogP contribution in [0.25, 0.3) is 0 Å². The molecule has 0 aliphatic carbocycles. The summed E-state index contributed by atoms with van der Waals surface area (Å²) >= 11 is 0. The number of hydrogen-bond donors (Lipinski definition) is 0. The summed E-state index contributed by atoms with van der Waals surface area (Å²) < 4.78 is 55.0. The van der Waals surface area contributed by atoms with Gasteiger partial charge in [-0.05, 0) is 19.1 Å². The van der Waals surface area contributed by atoms with Gasteiger partial charge in [0.2, 0.25) is 0 Å². The molecule has 0 spiro atoms. The number of carbonyl (C=O) groups excluding carboxylic acids is 1. The Morgan fingerprint density at radius 2 is 1.88 bits per heavy atom. The van der Waals surface area contributed by atoms with Gasteiger partial charge in [-0.1, -0.05) is 0 Å². The minimum Gasteiger partial charge on any atom is -0.494 e. The SMILES string of the molecule is COc1cc(C(C)=O)c(C(F)(F)F)cc1F. The van der Waals surface area contributed by atoms with Gasteiger partial charge < -0.3 is 4.74 Å². The molecule has 6 heteroatoms. The number of ether oxygens (including phenoxy) is 1. The summed E-state index contributed by atoms with van der Waals surface area (Å²) in [5.41, 5.74) is -1.90. The molecule has 0 fully saturated rings. The molecule has 0 saturated carbocycles. The Labute approximate surface area is 88.8 Å². The van der Waals surface area contributed by atoms with Crippen LogP contribution in [-0.2, 0) is 6.18 Å². The number of hydrogen-bond acceptors (Lipinski definition) is 2. The summed E-state index contributed by atoms with van der Waals surface area (Å²) in [7, 11) is 1.11. The summed E-state index contributed by atoms with van der Waals surface area (Å²) in [6.45, 7) is 0.974. The van der Waals surface area contributed by atoms with Gasteiger partial charge in [0.15, 0.2) is 17.3 Å². The first-order chi connectivity index (χ1) is 7.27. The smallest absolute Gasteiger partial charge is 0.417 e. The van der Waals surface area contributed by atoms with E-state index in [9.17, 15) is 22.4 Å². The minimum absolute atomic E-state index is 0.259. The van der Waals surface area contributed by atoms with E-state index < -0.39 is 34.7 Å². The van der Waals surface area contributed by atoms with E-state index in [4.69, 9.17) is 0 Å². The third kappa shape index (κ3) is 2.32. The number of benzene rings is 1. The van der Waals surface area contributed by atoms with Gasteiger partial charge in [-0.25, -0.2) is 4.39 Å². The van der Waals surface area contributed by atoms with Gasteiger partial charge in [-0.3, -0.25) is 4.79 Å². The van der Waals surface area contributed by atoms with Gasteiger partial charge in [0.05, 0.1) is 12.7 Å². The third-order valence-electron chi connectivity index (χ3n) is 1.98. The molecule has 0 radical (unpaired) electrons. The van der Waals surface area contributed by atoms with E-state index >= 15 is 0 Å². The molecule has 88 valence electrons. The highest BCUT2D eigenvalue weighted by atomic mass is 19.4. The molecule has 0 N–H and O–H groups in total. The van der Waals surface area contributed by atoms with Crippen LogP contribution in [-0.4, -0.2) is 12.9 Å². The molecular weight excluding hydrogens is 228 g/mol. The standard InChI is InChI=1S/C10H8F4O2/c1-5(15)6-3-9(16-2)8(11)4-7(6)10(12,13)14/h3-4H,1-2H3. The Bertz CT molecular complexity index is 424. The fourth-order valence-electron chi connectivity index (χ4n) is 1.24. The molecule has 0 bridgehead atoms. The lowest BCUT2D eigenvalue weighted by molar-refractivity contribution is -0.138. The number of rotatable bonds is 2. The number of carbonyl (C=O) groups is 1. The number of ketones is 1. The van der Waals surface area contributed by atoms with Crippen LogP contribution < -0.4 is 4.74 Å². The first-order valence-corrected chi connectivity index (χ1v) is 4.23. The Morgan fingerprint density at radius 1 is 1.31 bits per heavy atom. The van der Waals surface area contributed by atoms with Crippen molar-refractivity contribution >= 4 is 5.78 Å². The van der Waals surface area contributed by atoms with Crippen molar-refractivity contribution in [2.75, 3.05) is 7.11 Å². The zero-order chi connectivity index (χ0) is 12.5. The molecule has 0 saturated heterocycles. The Kier molecular flexibility index (Phi) is 3.21. The van der Waals surface area contributed by atoms with Crippen molar-refractivity contribution in [2.45, 2.75) is 13.1 Å². The Hall–Kier alpha value is -1.59. The second-order valence-electron chi connectivity index (χ2n) is 3.09. The van der Waals surface area contributed by atoms with Crippen LogP contribution in [0.2, 0.25) is 0 Å². The molecule has 0 unspecified atom stereocenters. The van der Waals surface area contributed by atoms with Crippen molar-refractivity contribution in [2.24, 2.45) is 0 Å². The van der Waals surface area contributed by atoms with Crippen LogP contribution in [0.3, 0.4) is 0 Å². The topological polar surface area (TPSA) is 26.3 Å². The predicted octanol–water partition coefficient (Wildman–Crippen LogP) is 3.06. The predicted molar refractivity (Wildman–Crippen MR) is 48.0 cm³/mol. The summed E-state index contributed by atoms with van der Waals surface area (Å²) in [6.07, 6.45) is -4.77. The van der Waals surface area contributed by atoms with Crippen LogP contribution >= 0.6 is 0 Å². The van der Waals surface area contributed by atoms with Gasteiger partial charge in [-0.2, -0.15) is 13.2 Å². The number of Topliss-reactive ketones (excluding diaryl/α,β-unsaturated/α-hetero) is 1. The van der Waals surface area contributed by atoms with E-state index in [-0.39, 0.29) is 6.07 Å². The molecule has 0 atom stereocenters. The molecule has 0 amide bonds. The van der Waals surface area contributed by atoms with Crippen LogP contribution in [0.15, 0.2) is 12.1 Å². The molecular formula is C10H8F4O2. The summed E-state index contributed by atoms with van der Waals surface area (Å²) in [5, 5.41) is 0. The molecule has 0 aliphatic heterocycles. The molecule has 16 heavy (non-hydrogen) atoms. The highest BCUT2D eigenvalue weighted by Gasteiger charge is 2.35. The maximum absolute atomic E-state index is 13.1. The van der Waals surface area contributed by atoms with E-state index in [1.165, 1.54) is 0 Å². The van der Waals surface area contributed by atoms with E-state index in [0.717, 1.165) is 20.1 Å². The summed E-state index contributed by atoms with van der Waals surface area (Å²) in [5.74, 6) is -2.34. The van der Waals surface area contributed by atoms with Crippen LogP contribution in [0.1, 0.15) is 22.8 Å². The highest BCUT2D eigenvalue weighted by molar-refractivity contribution is 5.96. The van der Waals surface area contributed by atoms with Crippen molar-refractivity contribution in [3.63, 3.8) is 0 Å². The first kappa shape index (κ1) is 12.5. The van der Waals surface area contributed by atoms with E-state index in [1.54, 1.807) is 0 Å². The van der Waals surface area contributed by atoms with Gasteiger partial charge in [0, 0.05) is 5.56 Å². The molecule has 2 nitrogen and oxygen atoms in total. The molecule has 1 aromatic carbocycles. The fourth-order valence-corrected chi connectivity index (χ4v) is 1.24. The monoisotopic (exact) mass is 236 g/mol. The second-order valence-corrected chi connectivity index (χ2v) is 3.09. The molecule has 0 aromatic heterocycles. The fraction of sp³-hybridized carbons (Fsp3) is 0.300. The van der Waals surface area contributed by atoms with Gasteiger partial charge >= 0.3 is 6.18 Å². The van der Waals surface area contributed by atoms with Gasteiger partial charge in [0.25, 0.3) is 0 Å². The second kappa shape index (κ2) is 4.11. The number of halogens is 4. The van der Waals surface area contributed by atoms with Crippen molar-refractivity contribution in [3.05, 3.63) is 29.1 Å². The van der Waals surface area contributed by atoms with E-state index in [0.29, 0.717) is 0 Å². The van der Waals surface area contributed by atoms with Gasteiger partial charge in [-0.15, -0.1) is 0 Å². The molecule has 0 aliphatic rings. The zero-order valence-corrected chi connectivity index (χ0v) is 8.48. The average molecular weight is 236 g/mol. The number of alkyl halides is 3. The molecule has 1 rings (SSSR count). The maximum Gasteiger partial charge on any atom is 0.417 e. The van der Waals surface area contributed by atoms with E-state index in [1.807, 2.05) is 0 Å². The van der Waals surface area contributed by atoms with E-state index in [2.05, 4.69) is 4.74 Å². The normalized spacial score (nSPS) is 11.4. The minimum atomic E-state index is -4.77. The number of methoxy groups -OCH3 is 1. The quantitative estimate of drug-likeness (QED) is 0.582. The lowest BCUT2D eigenvalue weighted by Gasteiger charge is -2.12. The average Bonchev–Trinajstić information content (AvgIpc) is 2.15. The van der Waals surface area contributed by atoms with Crippen molar-refractivity contribution in [1.29, 1.82) is 0 Å². The van der Waals surface area contributed by atoms with Crippen molar-refractivity contribution in [3.8, 4) is 5.75 Å². The van der Waals surface area contributed by atoms with Crippen molar-refractivity contribution in [1.82, 2.24) is 0 Å². The largest absolute Gasteiger partial charge is 0.494 e. The van der Waals surface area contributed by atoms with Gasteiger partial charge in [0.1, 0.15) is 0 Å². The third-order valence-corrected chi connectivity index (χ3v) is 1.98. The van der Waals surface area contributed by atoms with Crippen molar-refractivity contribution < 1.29 is 27.1 Å². The maximum atomic E-state index is 13.1. The molecule has 1 aromatic rings. The lowest BCUT2D eigenvalue weighted by Crippen LogP contribution is -2.12. The first-order valence-electron chi connectivity index (χ1n) is 4.23. The van der Waals surface area contributed by atoms with Crippen LogP contribution in [0, 0.1) is 5.82 Å². The Morgan fingerprint density at radius 3 is 2.25 bits per heavy atom. The lowest BCUT2D eigenvalue weighted by atomic mass is 10.0. The van der Waals surface area contributed by atoms with Crippen LogP contribution in [0.5, 0.6) is 5.75 Å². The highest BCUT2D eigenvalue weighted by Crippen LogP contribution is 2.35. The zero-order valence-electron chi connectivity index (χ0n) is 8.48. The molecule has 0 heterocycles. The summed E-state index contributed by atoms with van der Waals surface area (Å²) in [6, 6.07) is 1.01. The van der Waals surface area contributed by atoms with Crippen LogP contribution in [0.4, 0.5) is 17.6 Å².